The lowest BCUT2D eigenvalue weighted by atomic mass is 10.2. The number of rotatable bonds is 6. The predicted molar refractivity (Wildman–Crippen MR) is 85.4 cm³/mol. The van der Waals surface area contributed by atoms with Gasteiger partial charge in [-0.15, -0.1) is 0 Å². The quantitative estimate of drug-likeness (QED) is 0.449. The van der Waals surface area contributed by atoms with Gasteiger partial charge in [0.05, 0.1) is 5.92 Å². The molecule has 2 atom stereocenters. The molecule has 0 bridgehead atoms. The number of carbonyl (C=O) groups excluding carboxylic acids is 2. The van der Waals surface area contributed by atoms with Crippen LogP contribution in [-0.4, -0.2) is 28.9 Å². The molecule has 0 N–H and O–H groups in total. The second-order valence-corrected chi connectivity index (χ2v) is 6.98. The Morgan fingerprint density at radius 3 is 2.00 bits per heavy atom. The molecule has 0 aliphatic heterocycles. The van der Waals surface area contributed by atoms with Gasteiger partial charge in [0.25, 0.3) is 6.29 Å². The predicted octanol–water partition coefficient (Wildman–Crippen LogP) is 3.12. The van der Waals surface area contributed by atoms with Crippen LogP contribution in [-0.2, 0) is 25.1 Å². The minimum atomic E-state index is -1.11. The van der Waals surface area contributed by atoms with E-state index in [-0.39, 0.29) is 17.6 Å². The molecule has 0 saturated heterocycles. The lowest BCUT2D eigenvalue weighted by Gasteiger charge is -2.21. The van der Waals surface area contributed by atoms with Gasteiger partial charge in [0.2, 0.25) is 0 Å². The lowest BCUT2D eigenvalue weighted by molar-refractivity contribution is -0.180. The fraction of sp³-hybridized carbons (Fsp3) is 0.500. The van der Waals surface area contributed by atoms with E-state index in [2.05, 4.69) is 0 Å². The van der Waals surface area contributed by atoms with E-state index >= 15 is 0 Å². The fourth-order valence-corrected chi connectivity index (χ4v) is 1.98. The molecule has 0 spiro atoms. The van der Waals surface area contributed by atoms with Crippen molar-refractivity contribution in [2.45, 2.75) is 38.9 Å². The van der Waals surface area contributed by atoms with Crippen molar-refractivity contribution in [3.63, 3.8) is 0 Å². The third kappa shape index (κ3) is 6.40. The summed E-state index contributed by atoms with van der Waals surface area (Å²) in [6.45, 7) is 6.91. The van der Waals surface area contributed by atoms with Crippen molar-refractivity contribution in [1.82, 2.24) is 0 Å². The van der Waals surface area contributed by atoms with Gasteiger partial charge in [0, 0.05) is 27.9 Å². The van der Waals surface area contributed by atoms with Crippen molar-refractivity contribution in [2.75, 3.05) is 6.26 Å². The van der Waals surface area contributed by atoms with Crippen LogP contribution in [0.3, 0.4) is 0 Å². The normalized spacial score (nSPS) is 13.5. The maximum atomic E-state index is 11.8. The van der Waals surface area contributed by atoms with Gasteiger partial charge in [0.15, 0.2) is 0 Å². The smallest absolute Gasteiger partial charge is 0.425 e. The summed E-state index contributed by atoms with van der Waals surface area (Å²) in [6, 6.07) is 6.22. The van der Waals surface area contributed by atoms with E-state index in [0.717, 1.165) is 0 Å². The SMILES string of the molecule is CC(C)C(=O)OC(OC(=O)Oc1ccc(S(C)=O)cc1)C(C)C. The molecule has 1 rings (SSSR count). The zero-order valence-electron chi connectivity index (χ0n) is 13.9. The van der Waals surface area contributed by atoms with Crippen molar-refractivity contribution in [1.29, 1.82) is 0 Å². The molecule has 0 amide bonds. The Balaban J connectivity index is 2.65. The van der Waals surface area contributed by atoms with Crippen molar-refractivity contribution >= 4 is 22.9 Å². The zero-order chi connectivity index (χ0) is 17.6. The van der Waals surface area contributed by atoms with E-state index in [1.807, 2.05) is 0 Å². The molecule has 7 heteroatoms. The first kappa shape index (κ1) is 19.2. The van der Waals surface area contributed by atoms with E-state index in [4.69, 9.17) is 14.2 Å². The monoisotopic (exact) mass is 342 g/mol. The standard InChI is InChI=1S/C16H22O6S/c1-10(2)14(17)21-15(11(3)4)22-16(18)20-12-6-8-13(9-7-12)23(5)19/h6-11,15H,1-5H3. The first-order valence-electron chi connectivity index (χ1n) is 7.23. The van der Waals surface area contributed by atoms with Gasteiger partial charge < -0.3 is 14.2 Å². The summed E-state index contributed by atoms with van der Waals surface area (Å²) in [5.41, 5.74) is 0. The van der Waals surface area contributed by atoms with Crippen LogP contribution in [0, 0.1) is 11.8 Å². The molecule has 0 aromatic heterocycles. The summed E-state index contributed by atoms with van der Waals surface area (Å²) in [6.07, 6.45) is -0.425. The Hall–Kier alpha value is -1.89. The van der Waals surface area contributed by atoms with Gasteiger partial charge in [-0.3, -0.25) is 9.00 Å². The molecule has 23 heavy (non-hydrogen) atoms. The molecule has 0 heterocycles. The number of hydrogen-bond acceptors (Lipinski definition) is 6. The first-order chi connectivity index (χ1) is 10.7. The second kappa shape index (κ2) is 8.67. The van der Waals surface area contributed by atoms with Gasteiger partial charge in [-0.25, -0.2) is 4.79 Å². The van der Waals surface area contributed by atoms with Gasteiger partial charge in [0.1, 0.15) is 5.75 Å². The van der Waals surface area contributed by atoms with Crippen molar-refractivity contribution in [2.24, 2.45) is 11.8 Å². The van der Waals surface area contributed by atoms with Crippen molar-refractivity contribution < 1.29 is 28.0 Å². The van der Waals surface area contributed by atoms with Crippen LogP contribution < -0.4 is 4.74 Å². The van der Waals surface area contributed by atoms with E-state index < -0.39 is 29.2 Å². The van der Waals surface area contributed by atoms with E-state index in [1.165, 1.54) is 12.1 Å². The molecule has 0 saturated carbocycles. The summed E-state index contributed by atoms with van der Waals surface area (Å²) in [5, 5.41) is 0. The van der Waals surface area contributed by atoms with Crippen LogP contribution in [0.15, 0.2) is 29.2 Å². The van der Waals surface area contributed by atoms with Crippen LogP contribution in [0.5, 0.6) is 5.75 Å². The van der Waals surface area contributed by atoms with Crippen LogP contribution in [0.4, 0.5) is 4.79 Å². The largest absolute Gasteiger partial charge is 0.516 e. The number of esters is 1. The van der Waals surface area contributed by atoms with Crippen LogP contribution >= 0.6 is 0 Å². The van der Waals surface area contributed by atoms with Crippen LogP contribution in [0.1, 0.15) is 27.7 Å². The molecular formula is C16H22O6S. The third-order valence-corrected chi connectivity index (χ3v) is 3.75. The summed E-state index contributed by atoms with van der Waals surface area (Å²) in [5.74, 6) is -0.735. The Labute approximate surface area is 138 Å². The van der Waals surface area contributed by atoms with Gasteiger partial charge in [-0.1, -0.05) is 27.7 Å². The third-order valence-electron chi connectivity index (χ3n) is 2.82. The zero-order valence-corrected chi connectivity index (χ0v) is 14.7. The summed E-state index contributed by atoms with van der Waals surface area (Å²) >= 11 is 0. The first-order valence-corrected chi connectivity index (χ1v) is 8.79. The topological polar surface area (TPSA) is 78.9 Å². The number of benzene rings is 1. The molecule has 2 unspecified atom stereocenters. The highest BCUT2D eigenvalue weighted by Crippen LogP contribution is 2.17. The highest BCUT2D eigenvalue weighted by Gasteiger charge is 2.25. The summed E-state index contributed by atoms with van der Waals surface area (Å²) < 4.78 is 26.5. The number of carbonyl (C=O) groups is 2. The van der Waals surface area contributed by atoms with Gasteiger partial charge >= 0.3 is 12.1 Å². The Kier molecular flexibility index (Phi) is 7.22. The van der Waals surface area contributed by atoms with E-state index in [1.54, 1.807) is 46.1 Å². The van der Waals surface area contributed by atoms with Crippen molar-refractivity contribution in [3.8, 4) is 5.75 Å². The minimum absolute atomic E-state index is 0.213. The molecule has 1 aromatic rings. The average Bonchev–Trinajstić information content (AvgIpc) is 2.46. The van der Waals surface area contributed by atoms with E-state index in [0.29, 0.717) is 4.90 Å². The molecule has 0 radical (unpaired) electrons. The molecular weight excluding hydrogens is 320 g/mol. The number of hydrogen-bond donors (Lipinski definition) is 0. The second-order valence-electron chi connectivity index (χ2n) is 5.60. The summed E-state index contributed by atoms with van der Waals surface area (Å²) in [7, 11) is -1.11. The molecule has 6 nitrogen and oxygen atoms in total. The maximum Gasteiger partial charge on any atom is 0.516 e. The molecule has 1 aromatic carbocycles. The Morgan fingerprint density at radius 2 is 1.57 bits per heavy atom. The fourth-order valence-electron chi connectivity index (χ4n) is 1.46. The molecule has 128 valence electrons. The van der Waals surface area contributed by atoms with Gasteiger partial charge in [-0.05, 0) is 24.3 Å². The van der Waals surface area contributed by atoms with Crippen LogP contribution in [0.25, 0.3) is 0 Å². The van der Waals surface area contributed by atoms with Crippen molar-refractivity contribution in [3.05, 3.63) is 24.3 Å². The summed E-state index contributed by atoms with van der Waals surface area (Å²) in [4.78, 5) is 24.0. The molecule has 0 aliphatic carbocycles. The Bertz CT molecular complexity index is 564. The minimum Gasteiger partial charge on any atom is -0.425 e. The highest BCUT2D eigenvalue weighted by atomic mass is 32.2. The Morgan fingerprint density at radius 1 is 1.00 bits per heavy atom. The maximum absolute atomic E-state index is 11.8. The van der Waals surface area contributed by atoms with Crippen LogP contribution in [0.2, 0.25) is 0 Å². The molecule has 0 fully saturated rings. The number of ether oxygens (including phenoxy) is 3. The van der Waals surface area contributed by atoms with E-state index in [9.17, 15) is 13.8 Å². The highest BCUT2D eigenvalue weighted by molar-refractivity contribution is 7.84. The average molecular weight is 342 g/mol. The lowest BCUT2D eigenvalue weighted by Crippen LogP contribution is -2.32. The van der Waals surface area contributed by atoms with Gasteiger partial charge in [-0.2, -0.15) is 0 Å². The molecule has 0 aliphatic rings.